The Balaban J connectivity index is 2.20. The highest BCUT2D eigenvalue weighted by molar-refractivity contribution is 7.89. The standard InChI is InChI=1S/C13H20N2O4S/c1-18-10-5-7-15(8-6-10)20(16,17)11-3-4-13(19-2)12(14)9-11/h3-4,9-10H,5-8,14H2,1-2H3. The maximum absolute atomic E-state index is 12.5. The summed E-state index contributed by atoms with van der Waals surface area (Å²) < 4.78 is 36.8. The minimum Gasteiger partial charge on any atom is -0.495 e. The molecule has 1 aliphatic heterocycles. The number of nitrogens with two attached hydrogens (primary N) is 1. The third kappa shape index (κ3) is 2.89. The normalized spacial score (nSPS) is 18.1. The molecule has 1 aromatic rings. The lowest BCUT2D eigenvalue weighted by molar-refractivity contribution is 0.0604. The lowest BCUT2D eigenvalue weighted by Gasteiger charge is -2.30. The predicted octanol–water partition coefficient (Wildman–Crippen LogP) is 1.08. The third-order valence-corrected chi connectivity index (χ3v) is 5.47. The van der Waals surface area contributed by atoms with E-state index in [-0.39, 0.29) is 11.0 Å². The van der Waals surface area contributed by atoms with E-state index in [4.69, 9.17) is 15.2 Å². The topological polar surface area (TPSA) is 81.9 Å². The second-order valence-electron chi connectivity index (χ2n) is 4.74. The van der Waals surface area contributed by atoms with Gasteiger partial charge in [-0.2, -0.15) is 4.31 Å². The summed E-state index contributed by atoms with van der Waals surface area (Å²) in [5.74, 6) is 0.474. The summed E-state index contributed by atoms with van der Waals surface area (Å²) >= 11 is 0. The van der Waals surface area contributed by atoms with Gasteiger partial charge in [0.15, 0.2) is 0 Å². The van der Waals surface area contributed by atoms with Crippen molar-refractivity contribution in [3.8, 4) is 5.75 Å². The molecular weight excluding hydrogens is 280 g/mol. The number of nitrogen functional groups attached to an aromatic ring is 1. The summed E-state index contributed by atoms with van der Waals surface area (Å²) in [7, 11) is -0.352. The van der Waals surface area contributed by atoms with Crippen molar-refractivity contribution in [3.05, 3.63) is 18.2 Å². The van der Waals surface area contributed by atoms with E-state index in [0.29, 0.717) is 37.4 Å². The van der Waals surface area contributed by atoms with Gasteiger partial charge >= 0.3 is 0 Å². The monoisotopic (exact) mass is 300 g/mol. The summed E-state index contributed by atoms with van der Waals surface area (Å²) in [6.07, 6.45) is 1.56. The number of anilines is 1. The van der Waals surface area contributed by atoms with Crippen LogP contribution in [0.4, 0.5) is 5.69 Å². The Hall–Kier alpha value is -1.31. The first kappa shape index (κ1) is 15.1. The van der Waals surface area contributed by atoms with Gasteiger partial charge in [0.2, 0.25) is 10.0 Å². The molecule has 7 heteroatoms. The van der Waals surface area contributed by atoms with Crippen LogP contribution in [0, 0.1) is 0 Å². The summed E-state index contributed by atoms with van der Waals surface area (Å²) in [4.78, 5) is 0.201. The molecule has 0 bridgehead atoms. The minimum atomic E-state index is -3.50. The van der Waals surface area contributed by atoms with Crippen LogP contribution >= 0.6 is 0 Å². The Labute approximate surface area is 119 Å². The summed E-state index contributed by atoms with van der Waals surface area (Å²) in [6.45, 7) is 0.930. The average Bonchev–Trinajstić information content (AvgIpc) is 2.47. The van der Waals surface area contributed by atoms with Gasteiger partial charge < -0.3 is 15.2 Å². The van der Waals surface area contributed by atoms with Gasteiger partial charge in [-0.1, -0.05) is 0 Å². The number of piperidine rings is 1. The first-order valence-corrected chi connectivity index (χ1v) is 7.89. The van der Waals surface area contributed by atoms with Gasteiger partial charge in [-0.25, -0.2) is 8.42 Å². The Morgan fingerprint density at radius 3 is 2.40 bits per heavy atom. The van der Waals surface area contributed by atoms with E-state index in [0.717, 1.165) is 0 Å². The molecule has 0 radical (unpaired) electrons. The van der Waals surface area contributed by atoms with Crippen LogP contribution in [-0.4, -0.2) is 46.1 Å². The Morgan fingerprint density at radius 1 is 1.25 bits per heavy atom. The summed E-state index contributed by atoms with van der Waals surface area (Å²) in [6, 6.07) is 4.54. The van der Waals surface area contributed by atoms with E-state index in [1.807, 2.05) is 0 Å². The van der Waals surface area contributed by atoms with Crippen LogP contribution in [0.1, 0.15) is 12.8 Å². The van der Waals surface area contributed by atoms with Crippen LogP contribution < -0.4 is 10.5 Å². The maximum atomic E-state index is 12.5. The Bertz CT molecular complexity index is 566. The molecule has 0 amide bonds. The van der Waals surface area contributed by atoms with E-state index in [1.54, 1.807) is 13.2 Å². The van der Waals surface area contributed by atoms with Crippen LogP contribution in [0.15, 0.2) is 23.1 Å². The zero-order chi connectivity index (χ0) is 14.8. The molecule has 0 spiro atoms. The van der Waals surface area contributed by atoms with Gasteiger partial charge in [0, 0.05) is 20.2 Å². The van der Waals surface area contributed by atoms with Gasteiger partial charge in [-0.3, -0.25) is 0 Å². The molecule has 0 saturated carbocycles. The minimum absolute atomic E-state index is 0.141. The number of ether oxygens (including phenoxy) is 2. The van der Waals surface area contributed by atoms with Crippen molar-refractivity contribution in [3.63, 3.8) is 0 Å². The smallest absolute Gasteiger partial charge is 0.243 e. The SMILES string of the molecule is COc1ccc(S(=O)(=O)N2CCC(OC)CC2)cc1N. The van der Waals surface area contributed by atoms with E-state index >= 15 is 0 Å². The molecule has 1 aromatic carbocycles. The van der Waals surface area contributed by atoms with Crippen molar-refractivity contribution in [1.29, 1.82) is 0 Å². The zero-order valence-electron chi connectivity index (χ0n) is 11.7. The highest BCUT2D eigenvalue weighted by atomic mass is 32.2. The molecule has 1 saturated heterocycles. The van der Waals surface area contributed by atoms with Gasteiger partial charge in [0.05, 0.1) is 23.8 Å². The number of methoxy groups -OCH3 is 2. The highest BCUT2D eigenvalue weighted by Gasteiger charge is 2.29. The van der Waals surface area contributed by atoms with E-state index in [2.05, 4.69) is 0 Å². The Morgan fingerprint density at radius 2 is 1.90 bits per heavy atom. The molecule has 0 atom stereocenters. The van der Waals surface area contributed by atoms with E-state index in [1.165, 1.54) is 23.5 Å². The largest absolute Gasteiger partial charge is 0.495 e. The lowest BCUT2D eigenvalue weighted by atomic mass is 10.1. The predicted molar refractivity (Wildman–Crippen MR) is 76.2 cm³/mol. The van der Waals surface area contributed by atoms with Crippen LogP contribution in [-0.2, 0) is 14.8 Å². The zero-order valence-corrected chi connectivity index (χ0v) is 12.5. The van der Waals surface area contributed by atoms with Crippen LogP contribution in [0.3, 0.4) is 0 Å². The van der Waals surface area contributed by atoms with Crippen molar-refractivity contribution in [2.45, 2.75) is 23.8 Å². The molecule has 0 unspecified atom stereocenters. The van der Waals surface area contributed by atoms with Gasteiger partial charge in [0.1, 0.15) is 5.75 Å². The fraction of sp³-hybridized carbons (Fsp3) is 0.538. The molecule has 2 N–H and O–H groups in total. The summed E-state index contributed by atoms with van der Waals surface area (Å²) in [5.41, 5.74) is 6.09. The molecule has 1 aliphatic rings. The van der Waals surface area contributed by atoms with Crippen molar-refractivity contribution in [2.24, 2.45) is 0 Å². The van der Waals surface area contributed by atoms with Gasteiger partial charge in [0.25, 0.3) is 0 Å². The van der Waals surface area contributed by atoms with E-state index < -0.39 is 10.0 Å². The molecule has 112 valence electrons. The quantitative estimate of drug-likeness (QED) is 0.841. The van der Waals surface area contributed by atoms with Crippen molar-refractivity contribution in [2.75, 3.05) is 33.0 Å². The number of nitrogens with zero attached hydrogens (tertiary/aromatic N) is 1. The van der Waals surface area contributed by atoms with Crippen LogP contribution in [0.2, 0.25) is 0 Å². The molecule has 1 heterocycles. The lowest BCUT2D eigenvalue weighted by Crippen LogP contribution is -2.40. The van der Waals surface area contributed by atoms with Gasteiger partial charge in [-0.05, 0) is 31.0 Å². The van der Waals surface area contributed by atoms with Crippen LogP contribution in [0.25, 0.3) is 0 Å². The third-order valence-electron chi connectivity index (χ3n) is 3.57. The number of benzene rings is 1. The molecular formula is C13H20N2O4S. The first-order valence-electron chi connectivity index (χ1n) is 6.45. The second kappa shape index (κ2) is 5.99. The van der Waals surface area contributed by atoms with Gasteiger partial charge in [-0.15, -0.1) is 0 Å². The average molecular weight is 300 g/mol. The molecule has 6 nitrogen and oxygen atoms in total. The Kier molecular flexibility index (Phi) is 4.52. The first-order chi connectivity index (χ1) is 9.48. The fourth-order valence-corrected chi connectivity index (χ4v) is 3.84. The van der Waals surface area contributed by atoms with E-state index in [9.17, 15) is 8.42 Å². The number of rotatable bonds is 4. The number of hydrogen-bond donors (Lipinski definition) is 1. The second-order valence-corrected chi connectivity index (χ2v) is 6.68. The molecule has 0 aromatic heterocycles. The molecule has 2 rings (SSSR count). The fourth-order valence-electron chi connectivity index (χ4n) is 2.33. The molecule has 0 aliphatic carbocycles. The number of sulfonamides is 1. The van der Waals surface area contributed by atoms with Crippen molar-refractivity contribution < 1.29 is 17.9 Å². The van der Waals surface area contributed by atoms with Crippen molar-refractivity contribution in [1.82, 2.24) is 4.31 Å². The summed E-state index contributed by atoms with van der Waals surface area (Å²) in [5, 5.41) is 0. The van der Waals surface area contributed by atoms with Crippen molar-refractivity contribution >= 4 is 15.7 Å². The van der Waals surface area contributed by atoms with Crippen LogP contribution in [0.5, 0.6) is 5.75 Å². The molecule has 20 heavy (non-hydrogen) atoms. The maximum Gasteiger partial charge on any atom is 0.243 e. The molecule has 1 fully saturated rings. The number of hydrogen-bond acceptors (Lipinski definition) is 5. The highest BCUT2D eigenvalue weighted by Crippen LogP contribution is 2.27.